The van der Waals surface area contributed by atoms with Gasteiger partial charge >= 0.3 is 13.4 Å². The molecule has 0 aromatic heterocycles. The van der Waals surface area contributed by atoms with E-state index in [4.69, 9.17) is 0 Å². The van der Waals surface area contributed by atoms with Gasteiger partial charge in [-0.2, -0.15) is 0 Å². The van der Waals surface area contributed by atoms with E-state index < -0.39 is 14.5 Å². The van der Waals surface area contributed by atoms with Crippen molar-refractivity contribution < 1.29 is 0 Å². The van der Waals surface area contributed by atoms with Crippen LogP contribution in [0.25, 0.3) is 0 Å². The standard InChI is InChI=1S/C28H70B2N4P2Si2/c1-21(2)31(22(3)4)29(32(23(5)6)24(7)8)35-37(17,18)38(19,20)36-30(33(25(9)10)26(11)12)34(27(13)14)28(15)16/h21-28,35-36H,1-20H3. The summed E-state index contributed by atoms with van der Waals surface area (Å²) in [5, 5.41) is 0. The molecular weight excluding hydrogens is 532 g/mol. The van der Waals surface area contributed by atoms with Gasteiger partial charge in [-0.15, -0.1) is 16.0 Å². The number of rotatable bonds is 17. The second kappa shape index (κ2) is 16.2. The maximum atomic E-state index is 2.85. The summed E-state index contributed by atoms with van der Waals surface area (Å²) in [6.07, 6.45) is 0. The van der Waals surface area contributed by atoms with Gasteiger partial charge in [0.15, 0.2) is 0 Å². The molecule has 4 nitrogen and oxygen atoms in total. The normalized spacial score (nSPS) is 14.8. The van der Waals surface area contributed by atoms with Gasteiger partial charge in [0.05, 0.1) is 14.5 Å². The number of nitrogens with zero attached hydrogens (tertiary/aromatic N) is 4. The van der Waals surface area contributed by atoms with Gasteiger partial charge in [-0.05, 0) is 48.3 Å². The zero-order valence-corrected chi connectivity index (χ0v) is 33.6. The van der Waals surface area contributed by atoms with Crippen molar-refractivity contribution in [2.45, 2.75) is 185 Å². The summed E-state index contributed by atoms with van der Waals surface area (Å²) in [5.41, 5.74) is 0. The van der Waals surface area contributed by atoms with Crippen molar-refractivity contribution in [3.63, 3.8) is 0 Å². The second-order valence-corrected chi connectivity index (χ2v) is 42.7. The molecule has 0 bridgehead atoms. The Balaban J connectivity index is 6.77. The highest BCUT2D eigenvalue weighted by atomic mass is 31.5. The van der Waals surface area contributed by atoms with Crippen molar-refractivity contribution in [1.82, 2.24) is 19.2 Å². The maximum Gasteiger partial charge on any atom is 0.333 e. The summed E-state index contributed by atoms with van der Waals surface area (Å²) in [5.74, 6) is 0. The van der Waals surface area contributed by atoms with Crippen LogP contribution in [0.2, 0.25) is 26.2 Å². The molecule has 0 aromatic carbocycles. The Morgan fingerprint density at radius 3 is 0.579 bits per heavy atom. The first kappa shape index (κ1) is 39.3. The van der Waals surface area contributed by atoms with E-state index in [2.05, 4.69) is 156 Å². The SMILES string of the molecule is CC(C)N(B(P[Si](C)(C)[Si](C)(C)PB(N(C(C)C)C(C)C)N(C(C)C)C(C)C)N(C(C)C)C(C)C)C(C)C. The van der Waals surface area contributed by atoms with Crippen molar-refractivity contribution in [1.29, 1.82) is 0 Å². The Morgan fingerprint density at radius 1 is 0.342 bits per heavy atom. The van der Waals surface area contributed by atoms with E-state index in [0.29, 0.717) is 61.7 Å². The van der Waals surface area contributed by atoms with Crippen LogP contribution >= 0.6 is 16.0 Å². The summed E-state index contributed by atoms with van der Waals surface area (Å²) in [7, 11) is -1.07. The molecule has 0 N–H and O–H groups in total. The molecule has 2 unspecified atom stereocenters. The molecule has 0 spiro atoms. The lowest BCUT2D eigenvalue weighted by Gasteiger charge is -2.52. The predicted molar refractivity (Wildman–Crippen MR) is 192 cm³/mol. The van der Waals surface area contributed by atoms with E-state index >= 15 is 0 Å². The fourth-order valence-electron chi connectivity index (χ4n) is 6.26. The molecule has 0 aliphatic heterocycles. The maximum absolute atomic E-state index is 2.85. The molecule has 226 valence electrons. The molecule has 10 heteroatoms. The first-order valence-electron chi connectivity index (χ1n) is 15.7. The molecule has 0 fully saturated rings. The van der Waals surface area contributed by atoms with Gasteiger partial charge in [0.1, 0.15) is 0 Å². The van der Waals surface area contributed by atoms with Crippen LogP contribution in [0.5, 0.6) is 0 Å². The summed E-state index contributed by atoms with van der Waals surface area (Å²) >= 11 is 0. The molecule has 38 heavy (non-hydrogen) atoms. The van der Waals surface area contributed by atoms with Crippen molar-refractivity contribution >= 4 is 43.9 Å². The minimum Gasteiger partial charge on any atom is -0.320 e. The van der Waals surface area contributed by atoms with Gasteiger partial charge < -0.3 is 19.2 Å². The van der Waals surface area contributed by atoms with Crippen molar-refractivity contribution in [2.24, 2.45) is 0 Å². The monoisotopic (exact) mass is 602 g/mol. The van der Waals surface area contributed by atoms with Gasteiger partial charge in [-0.3, -0.25) is 0 Å². The van der Waals surface area contributed by atoms with E-state index in [-0.39, 0.29) is 0 Å². The Bertz CT molecular complexity index is 549. The van der Waals surface area contributed by atoms with E-state index in [9.17, 15) is 0 Å². The highest BCUT2D eigenvalue weighted by Crippen LogP contribution is 2.50. The summed E-state index contributed by atoms with van der Waals surface area (Å²) in [6.45, 7) is 50.8. The van der Waals surface area contributed by atoms with Crippen LogP contribution in [0.1, 0.15) is 111 Å². The predicted octanol–water partition coefficient (Wildman–Crippen LogP) is 8.28. The van der Waals surface area contributed by atoms with Gasteiger partial charge in [0, 0.05) is 0 Å². The number of hydrogen-bond donors (Lipinski definition) is 0. The Morgan fingerprint density at radius 2 is 0.474 bits per heavy atom. The lowest BCUT2D eigenvalue weighted by Crippen LogP contribution is -2.65. The molecule has 0 aromatic rings. The molecule has 2 atom stereocenters. The molecular formula is C28H70B2N4P2Si2. The van der Waals surface area contributed by atoms with Crippen LogP contribution in [0.15, 0.2) is 0 Å². The third-order valence-electron chi connectivity index (χ3n) is 8.44. The summed E-state index contributed by atoms with van der Waals surface area (Å²) in [6, 6.07) is 4.39. The van der Waals surface area contributed by atoms with Gasteiger partial charge in [-0.25, -0.2) is 0 Å². The van der Waals surface area contributed by atoms with Crippen LogP contribution in [0.4, 0.5) is 0 Å². The quantitative estimate of drug-likeness (QED) is 0.123. The van der Waals surface area contributed by atoms with Crippen LogP contribution in [0, 0.1) is 0 Å². The topological polar surface area (TPSA) is 13.0 Å². The summed E-state index contributed by atoms with van der Waals surface area (Å²) < 4.78 is 0. The first-order valence-corrected chi connectivity index (χ1v) is 26.8. The van der Waals surface area contributed by atoms with E-state index in [0.717, 1.165) is 16.0 Å². The zero-order valence-electron chi connectivity index (χ0n) is 29.6. The lowest BCUT2D eigenvalue weighted by atomic mass is 9.91. The van der Waals surface area contributed by atoms with Crippen LogP contribution in [0.3, 0.4) is 0 Å². The van der Waals surface area contributed by atoms with E-state index in [1.54, 1.807) is 0 Å². The molecule has 0 aliphatic carbocycles. The summed E-state index contributed by atoms with van der Waals surface area (Å²) in [4.78, 5) is 11.4. The molecule has 0 rings (SSSR count). The second-order valence-electron chi connectivity index (χ2n) is 14.8. The van der Waals surface area contributed by atoms with Crippen molar-refractivity contribution in [3.05, 3.63) is 0 Å². The Kier molecular flexibility index (Phi) is 16.7. The van der Waals surface area contributed by atoms with Crippen LogP contribution in [-0.4, -0.2) is 95.5 Å². The highest BCUT2D eigenvalue weighted by molar-refractivity contribution is 8.26. The lowest BCUT2D eigenvalue weighted by molar-refractivity contribution is 0.232. The van der Waals surface area contributed by atoms with Crippen LogP contribution < -0.4 is 0 Å². The molecule has 0 aliphatic rings. The van der Waals surface area contributed by atoms with Gasteiger partial charge in [0.25, 0.3) is 0 Å². The average Bonchev–Trinajstić information content (AvgIpc) is 2.64. The molecule has 0 amide bonds. The average molecular weight is 603 g/mol. The van der Waals surface area contributed by atoms with E-state index in [1.807, 2.05) is 0 Å². The zero-order chi connectivity index (χ0) is 30.5. The minimum absolute atomic E-state index is 0.532. The Labute approximate surface area is 247 Å². The third kappa shape index (κ3) is 10.5. The molecule has 0 radical (unpaired) electrons. The van der Waals surface area contributed by atoms with E-state index in [1.165, 1.54) is 0 Å². The van der Waals surface area contributed by atoms with Crippen LogP contribution in [-0.2, 0) is 0 Å². The third-order valence-corrected chi connectivity index (χ3v) is 46.1. The smallest absolute Gasteiger partial charge is 0.320 e. The van der Waals surface area contributed by atoms with Crippen molar-refractivity contribution in [3.8, 4) is 0 Å². The van der Waals surface area contributed by atoms with Gasteiger partial charge in [0.2, 0.25) is 0 Å². The highest BCUT2D eigenvalue weighted by Gasteiger charge is 2.51. The first-order chi connectivity index (χ1) is 17.0. The Hall–Kier alpha value is 1.26. The molecule has 0 saturated heterocycles. The largest absolute Gasteiger partial charge is 0.333 e. The number of hydrogen-bond acceptors (Lipinski definition) is 4. The van der Waals surface area contributed by atoms with Gasteiger partial charge in [-0.1, -0.05) is 137 Å². The fraction of sp³-hybridized carbons (Fsp3) is 1.00. The minimum atomic E-state index is -1.55. The molecule has 0 saturated carbocycles. The molecule has 0 heterocycles. The fourth-order valence-corrected chi connectivity index (χ4v) is 31.8. The van der Waals surface area contributed by atoms with Crippen molar-refractivity contribution in [2.75, 3.05) is 0 Å².